The van der Waals surface area contributed by atoms with Crippen molar-refractivity contribution in [3.8, 4) is 0 Å². The Kier molecular flexibility index (Phi) is 6.53. The van der Waals surface area contributed by atoms with Gasteiger partial charge in [0.1, 0.15) is 11.4 Å². The molecule has 2 aromatic carbocycles. The predicted molar refractivity (Wildman–Crippen MR) is 121 cm³/mol. The van der Waals surface area contributed by atoms with Crippen molar-refractivity contribution in [3.05, 3.63) is 96.2 Å². The van der Waals surface area contributed by atoms with Gasteiger partial charge in [0.05, 0.1) is 11.5 Å². The molecule has 0 bridgehead atoms. The molecule has 0 radical (unpaired) electrons. The van der Waals surface area contributed by atoms with Crippen LogP contribution >= 0.6 is 0 Å². The number of aromatic nitrogens is 2. The lowest BCUT2D eigenvalue weighted by Gasteiger charge is -2.24. The molecular formula is C22H23N5O5. The summed E-state index contributed by atoms with van der Waals surface area (Å²) in [5.74, 6) is -0.941. The molecule has 166 valence electrons. The highest BCUT2D eigenvalue weighted by Crippen LogP contribution is 2.27. The maximum Gasteiger partial charge on any atom is 0.330 e. The molecule has 3 aromatic rings. The molecule has 1 amide bonds. The van der Waals surface area contributed by atoms with Gasteiger partial charge in [-0.2, -0.15) is 0 Å². The zero-order valence-corrected chi connectivity index (χ0v) is 17.7. The van der Waals surface area contributed by atoms with Crippen LogP contribution < -0.4 is 21.9 Å². The van der Waals surface area contributed by atoms with Gasteiger partial charge in [0.15, 0.2) is 5.69 Å². The van der Waals surface area contributed by atoms with Gasteiger partial charge in [-0.3, -0.25) is 29.3 Å². The average Bonchev–Trinajstić information content (AvgIpc) is 2.75. The topological polar surface area (TPSA) is 144 Å². The fraction of sp³-hybridized carbons (Fsp3) is 0.227. The number of benzene rings is 2. The van der Waals surface area contributed by atoms with E-state index in [0.29, 0.717) is 12.0 Å². The summed E-state index contributed by atoms with van der Waals surface area (Å²) in [4.78, 5) is 52.9. The highest BCUT2D eigenvalue weighted by atomic mass is 16.6. The number of carbonyl (C=O) groups is 1. The first kappa shape index (κ1) is 22.5. The van der Waals surface area contributed by atoms with Crippen molar-refractivity contribution in [2.45, 2.75) is 26.8 Å². The Morgan fingerprint density at radius 3 is 2.47 bits per heavy atom. The molecule has 0 aliphatic rings. The number of nitrogens with two attached hydrogens (primary N) is 1. The Morgan fingerprint density at radius 2 is 1.84 bits per heavy atom. The van der Waals surface area contributed by atoms with Crippen LogP contribution in [0.15, 0.2) is 58.1 Å². The first-order chi connectivity index (χ1) is 15.3. The van der Waals surface area contributed by atoms with Crippen molar-refractivity contribution in [1.29, 1.82) is 0 Å². The fourth-order valence-electron chi connectivity index (χ4n) is 3.52. The summed E-state index contributed by atoms with van der Waals surface area (Å²) in [5, 5.41) is 11.6. The maximum atomic E-state index is 13.4. The molecule has 0 fully saturated rings. The second kappa shape index (κ2) is 9.29. The first-order valence-electron chi connectivity index (χ1n) is 9.98. The molecule has 0 spiro atoms. The van der Waals surface area contributed by atoms with Crippen molar-refractivity contribution in [2.24, 2.45) is 0 Å². The fourth-order valence-corrected chi connectivity index (χ4v) is 3.52. The molecule has 0 unspecified atom stereocenters. The zero-order valence-electron chi connectivity index (χ0n) is 17.7. The Labute approximate surface area is 183 Å². The van der Waals surface area contributed by atoms with Crippen LogP contribution in [0.2, 0.25) is 0 Å². The second-order valence-corrected chi connectivity index (χ2v) is 7.25. The van der Waals surface area contributed by atoms with Crippen LogP contribution in [0.5, 0.6) is 0 Å². The summed E-state index contributed by atoms with van der Waals surface area (Å²) in [6.45, 7) is 3.46. The molecular weight excluding hydrogens is 414 g/mol. The van der Waals surface area contributed by atoms with Gasteiger partial charge in [0.2, 0.25) is 0 Å². The quantitative estimate of drug-likeness (QED) is 0.429. The molecule has 3 rings (SSSR count). The molecule has 1 aromatic heterocycles. The van der Waals surface area contributed by atoms with Gasteiger partial charge in [0.25, 0.3) is 17.2 Å². The second-order valence-electron chi connectivity index (χ2n) is 7.25. The van der Waals surface area contributed by atoms with Gasteiger partial charge in [-0.1, -0.05) is 49.4 Å². The normalized spacial score (nSPS) is 10.7. The van der Waals surface area contributed by atoms with Crippen LogP contribution in [0.1, 0.15) is 34.8 Å². The van der Waals surface area contributed by atoms with E-state index in [9.17, 15) is 24.5 Å². The number of aryl methyl sites for hydroxylation is 1. The number of H-pyrrole nitrogens is 1. The van der Waals surface area contributed by atoms with Crippen LogP contribution in [-0.4, -0.2) is 26.9 Å². The minimum absolute atomic E-state index is 0.0702. The molecule has 10 heteroatoms. The summed E-state index contributed by atoms with van der Waals surface area (Å²) < 4.78 is 1.16. The maximum absolute atomic E-state index is 13.4. The summed E-state index contributed by atoms with van der Waals surface area (Å²) in [7, 11) is 0. The van der Waals surface area contributed by atoms with Crippen LogP contribution in [0, 0.1) is 17.0 Å². The summed E-state index contributed by atoms with van der Waals surface area (Å²) in [6.07, 6.45) is 0.446. The predicted octanol–water partition coefficient (Wildman–Crippen LogP) is 2.44. The summed E-state index contributed by atoms with van der Waals surface area (Å²) in [6, 6.07) is 13.4. The minimum atomic E-state index is -0.839. The summed E-state index contributed by atoms with van der Waals surface area (Å²) >= 11 is 0. The number of amides is 1. The van der Waals surface area contributed by atoms with E-state index in [1.54, 1.807) is 31.2 Å². The van der Waals surface area contributed by atoms with Crippen LogP contribution in [0.3, 0.4) is 0 Å². The first-order valence-corrected chi connectivity index (χ1v) is 9.98. The van der Waals surface area contributed by atoms with Crippen molar-refractivity contribution in [3.63, 3.8) is 0 Å². The molecule has 0 saturated carbocycles. The van der Waals surface area contributed by atoms with Gasteiger partial charge in [-0.15, -0.1) is 0 Å². The minimum Gasteiger partial charge on any atom is -0.383 e. The number of carbonyl (C=O) groups excluding carboxylic acids is 1. The van der Waals surface area contributed by atoms with Crippen LogP contribution in [0.4, 0.5) is 17.2 Å². The standard InChI is InChI=1S/C22H23N5O5/c1-3-12-25(21(29)16-11-7-8-14(2)17(16)27(31)32)18-19(23)26(22(30)24-20(18)28)13-15-9-5-4-6-10-15/h4-11H,3,12-13,23H2,1-2H3,(H,24,28,30). The van der Waals surface area contributed by atoms with Crippen molar-refractivity contribution < 1.29 is 9.72 Å². The molecule has 0 aliphatic heterocycles. The third-order valence-corrected chi connectivity index (χ3v) is 5.01. The molecule has 3 N–H and O–H groups in total. The number of nitrogen functional groups attached to an aromatic ring is 1. The smallest absolute Gasteiger partial charge is 0.330 e. The lowest BCUT2D eigenvalue weighted by atomic mass is 10.1. The van der Waals surface area contributed by atoms with E-state index in [1.807, 2.05) is 6.07 Å². The third kappa shape index (κ3) is 4.29. The lowest BCUT2D eigenvalue weighted by Crippen LogP contribution is -2.41. The number of hydrogen-bond acceptors (Lipinski definition) is 6. The van der Waals surface area contributed by atoms with Gasteiger partial charge in [0, 0.05) is 12.1 Å². The van der Waals surface area contributed by atoms with Crippen molar-refractivity contribution >= 4 is 23.1 Å². The van der Waals surface area contributed by atoms with E-state index in [0.717, 1.165) is 15.0 Å². The Hall–Kier alpha value is -4.21. The zero-order chi connectivity index (χ0) is 23.4. The number of nitro groups is 1. The van der Waals surface area contributed by atoms with E-state index >= 15 is 0 Å². The molecule has 0 saturated heterocycles. The van der Waals surface area contributed by atoms with Crippen LogP contribution in [-0.2, 0) is 6.54 Å². The Balaban J connectivity index is 2.17. The number of nitro benzene ring substituents is 1. The molecule has 10 nitrogen and oxygen atoms in total. The largest absolute Gasteiger partial charge is 0.383 e. The molecule has 32 heavy (non-hydrogen) atoms. The van der Waals surface area contributed by atoms with Gasteiger partial charge in [-0.05, 0) is 25.0 Å². The number of hydrogen-bond donors (Lipinski definition) is 2. The number of anilines is 2. The van der Waals surface area contributed by atoms with Crippen LogP contribution in [0.25, 0.3) is 0 Å². The number of para-hydroxylation sites is 1. The Morgan fingerprint density at radius 1 is 1.16 bits per heavy atom. The molecule has 1 heterocycles. The van der Waals surface area contributed by atoms with E-state index in [-0.39, 0.29) is 35.8 Å². The monoisotopic (exact) mass is 437 g/mol. The lowest BCUT2D eigenvalue weighted by molar-refractivity contribution is -0.385. The number of nitrogens with one attached hydrogen (secondary N) is 1. The van der Waals surface area contributed by atoms with Gasteiger partial charge >= 0.3 is 5.69 Å². The number of aromatic amines is 1. The molecule has 0 atom stereocenters. The SMILES string of the molecule is CCCN(C(=O)c1cccc(C)c1[N+](=O)[O-])c1c(N)n(Cc2ccccc2)c(=O)[nH]c1=O. The highest BCUT2D eigenvalue weighted by molar-refractivity contribution is 6.10. The molecule has 0 aliphatic carbocycles. The third-order valence-electron chi connectivity index (χ3n) is 5.01. The number of nitrogens with zero attached hydrogens (tertiary/aromatic N) is 3. The van der Waals surface area contributed by atoms with Crippen molar-refractivity contribution in [2.75, 3.05) is 17.2 Å². The van der Waals surface area contributed by atoms with E-state index in [2.05, 4.69) is 4.98 Å². The Bertz CT molecular complexity index is 1280. The van der Waals surface area contributed by atoms with Crippen molar-refractivity contribution in [1.82, 2.24) is 9.55 Å². The van der Waals surface area contributed by atoms with E-state index in [1.165, 1.54) is 25.1 Å². The van der Waals surface area contributed by atoms with E-state index < -0.39 is 22.1 Å². The average molecular weight is 437 g/mol. The van der Waals surface area contributed by atoms with Gasteiger partial charge < -0.3 is 10.6 Å². The highest BCUT2D eigenvalue weighted by Gasteiger charge is 2.30. The van der Waals surface area contributed by atoms with Gasteiger partial charge in [-0.25, -0.2) is 4.79 Å². The summed E-state index contributed by atoms with van der Waals surface area (Å²) in [5.41, 5.74) is 5.02. The number of rotatable bonds is 7. The van der Waals surface area contributed by atoms with E-state index in [4.69, 9.17) is 5.73 Å².